The van der Waals surface area contributed by atoms with Crippen molar-refractivity contribution in [1.29, 1.82) is 0 Å². The largest absolute Gasteiger partial charge is 0.455 e. The first-order valence-corrected chi connectivity index (χ1v) is 16.4. The van der Waals surface area contributed by atoms with Crippen LogP contribution in [0, 0.1) is 0 Å². The van der Waals surface area contributed by atoms with Crippen molar-refractivity contribution < 1.29 is 4.42 Å². The van der Waals surface area contributed by atoms with E-state index in [0.29, 0.717) is 0 Å². The summed E-state index contributed by atoms with van der Waals surface area (Å²) in [5.41, 5.74) is 17.6. The summed E-state index contributed by atoms with van der Waals surface area (Å²) in [6, 6.07) is 53.7. The van der Waals surface area contributed by atoms with Gasteiger partial charge in [-0.25, -0.2) is 0 Å². The van der Waals surface area contributed by atoms with E-state index in [0.717, 1.165) is 38.8 Å². The minimum atomic E-state index is 0.199. The van der Waals surface area contributed by atoms with E-state index in [1.54, 1.807) is 0 Å². The molecule has 0 atom stereocenters. The normalized spacial score (nSPS) is 13.4. The Hall–Kier alpha value is -6.06. The second-order valence-corrected chi connectivity index (χ2v) is 13.2. The lowest BCUT2D eigenvalue weighted by molar-refractivity contribution is 0.670. The van der Waals surface area contributed by atoms with E-state index in [4.69, 9.17) is 4.42 Å². The number of hydrogen-bond acceptors (Lipinski definition) is 2. The number of anilines is 3. The third kappa shape index (κ3) is 2.90. The van der Waals surface area contributed by atoms with Crippen LogP contribution in [-0.2, 0) is 0 Å². The summed E-state index contributed by atoms with van der Waals surface area (Å²) in [4.78, 5) is 2.51. The molecule has 0 saturated heterocycles. The van der Waals surface area contributed by atoms with Gasteiger partial charge in [0.15, 0.2) is 0 Å². The van der Waals surface area contributed by atoms with Crippen LogP contribution in [0.25, 0.3) is 76.9 Å². The summed E-state index contributed by atoms with van der Waals surface area (Å²) in [6.45, 7) is 0.199. The van der Waals surface area contributed by atoms with Gasteiger partial charge >= 0.3 is 0 Å². The highest BCUT2D eigenvalue weighted by Gasteiger charge is 2.45. The molecule has 0 amide bonds. The third-order valence-corrected chi connectivity index (χ3v) is 11.0. The van der Waals surface area contributed by atoms with Crippen LogP contribution in [-0.4, -0.2) is 6.71 Å². The van der Waals surface area contributed by atoms with Gasteiger partial charge in [0.05, 0.1) is 0 Å². The van der Waals surface area contributed by atoms with Crippen molar-refractivity contribution in [2.75, 3.05) is 4.90 Å². The minimum Gasteiger partial charge on any atom is -0.455 e. The second-order valence-electron chi connectivity index (χ2n) is 13.2. The molecule has 0 bridgehead atoms. The maximum Gasteiger partial charge on any atom is 0.249 e. The number of hydrogen-bond donors (Lipinski definition) is 0. The molecule has 9 aromatic rings. The van der Waals surface area contributed by atoms with Crippen molar-refractivity contribution >= 4 is 83.6 Å². The minimum absolute atomic E-state index is 0.199. The van der Waals surface area contributed by atoms with Crippen LogP contribution in [0.5, 0.6) is 0 Å². The number of furan rings is 1. The Balaban J connectivity index is 1.13. The lowest BCUT2D eigenvalue weighted by Crippen LogP contribution is -2.61. The summed E-state index contributed by atoms with van der Waals surface area (Å²) in [7, 11) is 0. The fourth-order valence-electron chi connectivity index (χ4n) is 9.17. The first-order chi connectivity index (χ1) is 23.3. The molecule has 0 unspecified atom stereocenters. The van der Waals surface area contributed by atoms with Gasteiger partial charge in [-0.05, 0) is 90.6 Å². The zero-order valence-electron chi connectivity index (χ0n) is 25.3. The maximum absolute atomic E-state index is 6.41. The summed E-state index contributed by atoms with van der Waals surface area (Å²) in [6.07, 6.45) is 0. The molecule has 0 fully saturated rings. The van der Waals surface area contributed by atoms with E-state index in [9.17, 15) is 0 Å². The quantitative estimate of drug-likeness (QED) is 0.186. The van der Waals surface area contributed by atoms with Gasteiger partial charge in [0.1, 0.15) is 11.2 Å². The van der Waals surface area contributed by atoms with Gasteiger partial charge in [0, 0.05) is 33.4 Å². The Bertz CT molecular complexity index is 2750. The zero-order chi connectivity index (χ0) is 30.4. The molecule has 2 nitrogen and oxygen atoms in total. The zero-order valence-corrected chi connectivity index (χ0v) is 25.3. The molecule has 8 aromatic carbocycles. The highest BCUT2D eigenvalue weighted by atomic mass is 16.3. The molecule has 1 aromatic heterocycles. The molecule has 0 aliphatic carbocycles. The highest BCUT2D eigenvalue weighted by Crippen LogP contribution is 2.47. The predicted molar refractivity (Wildman–Crippen MR) is 198 cm³/mol. The topological polar surface area (TPSA) is 16.4 Å². The van der Waals surface area contributed by atoms with Gasteiger partial charge < -0.3 is 9.32 Å². The van der Waals surface area contributed by atoms with Crippen LogP contribution in [0.4, 0.5) is 17.1 Å². The molecular formula is C44H24BNO. The van der Waals surface area contributed by atoms with E-state index < -0.39 is 0 Å². The van der Waals surface area contributed by atoms with Crippen LogP contribution in [0.2, 0.25) is 0 Å². The van der Waals surface area contributed by atoms with Gasteiger partial charge in [0.2, 0.25) is 6.71 Å². The smallest absolute Gasteiger partial charge is 0.249 e. The van der Waals surface area contributed by atoms with Gasteiger partial charge in [-0.3, -0.25) is 0 Å². The number of nitrogens with zero attached hydrogens (tertiary/aromatic N) is 1. The molecule has 3 aliphatic heterocycles. The molecule has 4 heterocycles. The van der Waals surface area contributed by atoms with Gasteiger partial charge in [-0.1, -0.05) is 121 Å². The summed E-state index contributed by atoms with van der Waals surface area (Å²) >= 11 is 0. The summed E-state index contributed by atoms with van der Waals surface area (Å²) in [5.74, 6) is 0. The fourth-order valence-corrected chi connectivity index (χ4v) is 9.17. The Morgan fingerprint density at radius 2 is 1.00 bits per heavy atom. The number of rotatable bonds is 2. The van der Waals surface area contributed by atoms with Crippen LogP contribution in [0.3, 0.4) is 0 Å². The van der Waals surface area contributed by atoms with E-state index in [1.807, 2.05) is 6.07 Å². The van der Waals surface area contributed by atoms with E-state index >= 15 is 0 Å². The standard InChI is InChI=1S/C44H24BNO/c1-2-16-38-30(9-1)35-15-5-10-29(44(35)47-38)25-17-21-28(22-18-25)46-36-23-19-26-7-3-11-31-33-13-6-14-34-32-12-4-8-27-20-24-37(46)43(40(27)32)45(41(33)34)42(36)39(26)31/h1-24H. The van der Waals surface area contributed by atoms with Crippen LogP contribution < -0.4 is 21.3 Å². The first-order valence-electron chi connectivity index (χ1n) is 16.4. The average Bonchev–Trinajstić information content (AvgIpc) is 3.52. The Kier molecular flexibility index (Phi) is 4.33. The molecule has 0 saturated carbocycles. The van der Waals surface area contributed by atoms with Crippen molar-refractivity contribution in [1.82, 2.24) is 0 Å². The molecule has 47 heavy (non-hydrogen) atoms. The lowest BCUT2D eigenvalue weighted by atomic mass is 9.29. The van der Waals surface area contributed by atoms with Crippen molar-refractivity contribution in [2.45, 2.75) is 0 Å². The van der Waals surface area contributed by atoms with Crippen molar-refractivity contribution in [3.05, 3.63) is 146 Å². The van der Waals surface area contributed by atoms with Gasteiger partial charge in [-0.2, -0.15) is 0 Å². The summed E-state index contributed by atoms with van der Waals surface area (Å²) in [5, 5.41) is 7.70. The average molecular weight is 593 g/mol. The van der Waals surface area contributed by atoms with Crippen molar-refractivity contribution in [3.63, 3.8) is 0 Å². The van der Waals surface area contributed by atoms with Crippen LogP contribution in [0.1, 0.15) is 0 Å². The van der Waals surface area contributed by atoms with Crippen molar-refractivity contribution in [3.8, 4) is 33.4 Å². The molecular weight excluding hydrogens is 569 g/mol. The molecule has 214 valence electrons. The van der Waals surface area contributed by atoms with E-state index in [1.165, 1.54) is 71.6 Å². The Labute approximate surface area is 271 Å². The molecule has 12 rings (SSSR count). The van der Waals surface area contributed by atoms with E-state index in [-0.39, 0.29) is 6.71 Å². The maximum atomic E-state index is 6.41. The van der Waals surface area contributed by atoms with Crippen LogP contribution >= 0.6 is 0 Å². The molecule has 0 radical (unpaired) electrons. The lowest BCUT2D eigenvalue weighted by Gasteiger charge is -2.43. The fraction of sp³-hybridized carbons (Fsp3) is 0. The molecule has 0 N–H and O–H groups in total. The number of fused-ring (bicyclic) bond motifs is 5. The van der Waals surface area contributed by atoms with Gasteiger partial charge in [-0.15, -0.1) is 0 Å². The van der Waals surface area contributed by atoms with E-state index in [2.05, 4.69) is 144 Å². The predicted octanol–water partition coefficient (Wildman–Crippen LogP) is 9.82. The highest BCUT2D eigenvalue weighted by molar-refractivity contribution is 7.03. The second kappa shape index (κ2) is 8.40. The molecule has 0 spiro atoms. The monoisotopic (exact) mass is 593 g/mol. The SMILES string of the molecule is c1cc2c3c(c1)-c1cccc4ccc5c(c14)B3c1c(ccc3cccc-2c13)N5c1ccc(-c2cccc3c2oc2ccccc23)cc1. The van der Waals surface area contributed by atoms with Crippen molar-refractivity contribution in [2.24, 2.45) is 0 Å². The third-order valence-electron chi connectivity index (χ3n) is 11.0. The van der Waals surface area contributed by atoms with Gasteiger partial charge in [0.25, 0.3) is 0 Å². The molecule has 3 heteroatoms. The summed E-state index contributed by atoms with van der Waals surface area (Å²) < 4.78 is 6.41. The Morgan fingerprint density at radius 3 is 1.70 bits per heavy atom. The molecule has 3 aliphatic rings. The first kappa shape index (κ1) is 24.2. The number of benzene rings is 8. The van der Waals surface area contributed by atoms with Crippen LogP contribution in [0.15, 0.2) is 150 Å². The number of para-hydroxylation sites is 2. The Morgan fingerprint density at radius 1 is 0.426 bits per heavy atom.